The Morgan fingerprint density at radius 2 is 1.17 bits per heavy atom. The Hall–Kier alpha value is -0.660. The van der Waals surface area contributed by atoms with Crippen LogP contribution in [0.3, 0.4) is 0 Å². The largest absolute Gasteiger partial charge is 0.291 e. The third-order valence-electron chi connectivity index (χ3n) is 0.496. The average molecular weight is 88.1 g/mol. The van der Waals surface area contributed by atoms with Gasteiger partial charge in [-0.2, -0.15) is 0 Å². The minimum atomic E-state index is -0.380. The van der Waals surface area contributed by atoms with Crippen molar-refractivity contribution in [1.82, 2.24) is 0 Å². The van der Waals surface area contributed by atoms with Crippen molar-refractivity contribution < 1.29 is 9.59 Å². The highest BCUT2D eigenvalue weighted by Gasteiger charge is 1.94. The van der Waals surface area contributed by atoms with Gasteiger partial charge in [0, 0.05) is 13.8 Å². The van der Waals surface area contributed by atoms with Crippen LogP contribution in [0.25, 0.3) is 0 Å². The molecule has 0 saturated heterocycles. The van der Waals surface area contributed by atoms with Gasteiger partial charge in [-0.15, -0.1) is 0 Å². The van der Waals surface area contributed by atoms with Gasteiger partial charge in [0.15, 0.2) is 11.6 Å². The topological polar surface area (TPSA) is 34.1 Å². The molecule has 0 radical (unpaired) electrons. The van der Waals surface area contributed by atoms with Gasteiger partial charge in [0.2, 0.25) is 0 Å². The fraction of sp³-hybridized carbons (Fsp3) is 0.500. The van der Waals surface area contributed by atoms with E-state index < -0.39 is 0 Å². The highest BCUT2D eigenvalue weighted by Crippen LogP contribution is 1.66. The molecule has 2 heteroatoms. The van der Waals surface area contributed by atoms with Crippen LogP contribution in [0, 0.1) is 0 Å². The summed E-state index contributed by atoms with van der Waals surface area (Å²) in [7, 11) is 0. The van der Waals surface area contributed by atoms with E-state index in [1.165, 1.54) is 13.8 Å². The monoisotopic (exact) mass is 88.0 g/mol. The lowest BCUT2D eigenvalue weighted by molar-refractivity contribution is -0.134. The molecule has 0 aromatic heterocycles. The van der Waals surface area contributed by atoms with Crippen LogP contribution in [0.15, 0.2) is 0 Å². The van der Waals surface area contributed by atoms with Crippen molar-refractivity contribution in [3.8, 4) is 0 Å². The molecular formula is C4H6O2. The molecule has 0 spiro atoms. The number of hydrogen-bond acceptors (Lipinski definition) is 2. The first kappa shape index (κ1) is 5.34. The van der Waals surface area contributed by atoms with Crippen LogP contribution in [0.5, 0.6) is 0 Å². The van der Waals surface area contributed by atoms with Crippen LogP contribution < -0.4 is 0 Å². The normalized spacial score (nSPS) is 7.67. The van der Waals surface area contributed by atoms with Crippen LogP contribution in [0.1, 0.15) is 13.8 Å². The minimum Gasteiger partial charge on any atom is -0.291 e. The first-order valence-corrected chi connectivity index (χ1v) is 1.66. The molecule has 0 saturated carbocycles. The van der Waals surface area contributed by atoms with Crippen LogP contribution in [0.2, 0.25) is 0 Å². The summed E-state index contributed by atoms with van der Waals surface area (Å²) >= 11 is 0. The van der Waals surface area contributed by atoms with E-state index >= 15 is 0 Å². The molecule has 0 amide bonds. The molecule has 0 N–H and O–H groups in total. The number of carbonyl (C=O) groups is 2. The van der Waals surface area contributed by atoms with Crippen molar-refractivity contribution in [3.63, 3.8) is 0 Å². The summed E-state index contributed by atoms with van der Waals surface area (Å²) in [6.07, 6.45) is 0. The van der Waals surface area contributed by atoms with Crippen molar-refractivity contribution in [3.05, 3.63) is 0 Å². The number of ketones is 2. The molecule has 2 nitrogen and oxygen atoms in total. The second-order valence-corrected chi connectivity index (χ2v) is 1.11. The molecule has 6 heavy (non-hydrogen) atoms. The first-order valence-electron chi connectivity index (χ1n) is 1.66. The fourth-order valence-electron chi connectivity index (χ4n) is 0. The van der Waals surface area contributed by atoms with Crippen molar-refractivity contribution in [2.75, 3.05) is 0 Å². The molecule has 0 atom stereocenters. The fourth-order valence-corrected chi connectivity index (χ4v) is 0. The molecular weight excluding hydrogens is 82.0 g/mol. The lowest BCUT2D eigenvalue weighted by atomic mass is 10.6. The van der Waals surface area contributed by atoms with Crippen LogP contribution in [-0.4, -0.2) is 11.6 Å². The zero-order valence-corrected chi connectivity index (χ0v) is 3.82. The van der Waals surface area contributed by atoms with Gasteiger partial charge in [-0.3, -0.25) is 9.59 Å². The number of hydrogen-bond donors (Lipinski definition) is 0. The molecule has 0 bridgehead atoms. The summed E-state index contributed by atoms with van der Waals surface area (Å²) in [5.41, 5.74) is 0. The number of Topliss-reactive ketones (excluding diaryl/α,β-unsaturated/α-hetero) is 2. The van der Waals surface area contributed by atoms with Gasteiger partial charge in [0.25, 0.3) is 0 Å². The van der Waals surface area contributed by atoms with Crippen molar-refractivity contribution in [2.45, 2.75) is 13.8 Å². The summed E-state index contributed by atoms with van der Waals surface area (Å²) < 4.78 is 0. The maximum absolute atomic E-state index is 9.79. The molecule has 0 rings (SSSR count). The Bertz CT molecular complexity index is 71.5. The lowest BCUT2D eigenvalue weighted by Gasteiger charge is -1.73. The third-order valence-corrected chi connectivity index (χ3v) is 0.496. The molecule has 0 heterocycles. The summed E-state index contributed by atoms with van der Waals surface area (Å²) in [4.78, 5) is 19.6. The van der Waals surface area contributed by atoms with Crippen molar-refractivity contribution in [1.29, 1.82) is 0 Å². The molecule has 0 aromatic rings. The van der Waals surface area contributed by atoms with Gasteiger partial charge in [0.1, 0.15) is 0 Å². The zero-order chi connectivity index (χ0) is 5.15. The predicted octanol–water partition coefficient (Wildman–Crippen LogP) is 0.164. The molecule has 0 aliphatic carbocycles. The van der Waals surface area contributed by atoms with Gasteiger partial charge in [0.05, 0.1) is 0 Å². The summed E-state index contributed by atoms with van der Waals surface area (Å²) in [5, 5.41) is 0. The second kappa shape index (κ2) is 1.70. The smallest absolute Gasteiger partial charge is 0.195 e. The highest BCUT2D eigenvalue weighted by atomic mass is 16.2. The van der Waals surface area contributed by atoms with E-state index in [9.17, 15) is 9.59 Å². The number of carbonyl (C=O) groups excluding carboxylic acids is 2. The van der Waals surface area contributed by atoms with Gasteiger partial charge < -0.3 is 0 Å². The number of rotatable bonds is 1. The maximum Gasteiger partial charge on any atom is 0.195 e. The van der Waals surface area contributed by atoms with Crippen LogP contribution >= 0.6 is 0 Å². The van der Waals surface area contributed by atoms with Gasteiger partial charge in [-0.25, -0.2) is 0 Å². The Morgan fingerprint density at radius 1 is 1.00 bits per heavy atom. The molecule has 0 aliphatic rings. The van der Waals surface area contributed by atoms with Crippen LogP contribution in [0.4, 0.5) is 0 Å². The van der Waals surface area contributed by atoms with Gasteiger partial charge >= 0.3 is 0 Å². The Balaban J connectivity index is 3.57. The third kappa shape index (κ3) is 1.64. The Morgan fingerprint density at radius 3 is 1.17 bits per heavy atom. The molecule has 34 valence electrons. The summed E-state index contributed by atoms with van der Waals surface area (Å²) in [6.45, 7) is 2.50. The quantitative estimate of drug-likeness (QED) is 0.338. The van der Waals surface area contributed by atoms with Crippen LogP contribution in [-0.2, 0) is 9.59 Å². The van der Waals surface area contributed by atoms with Gasteiger partial charge in [-0.1, -0.05) is 0 Å². The predicted molar refractivity (Wildman–Crippen MR) is 21.4 cm³/mol. The average Bonchev–Trinajstić information content (AvgIpc) is 1.36. The highest BCUT2D eigenvalue weighted by molar-refractivity contribution is 6.35. The van der Waals surface area contributed by atoms with E-state index in [1.54, 1.807) is 0 Å². The van der Waals surface area contributed by atoms with E-state index in [-0.39, 0.29) is 11.6 Å². The second-order valence-electron chi connectivity index (χ2n) is 1.11. The molecule has 0 aliphatic heterocycles. The van der Waals surface area contributed by atoms with E-state index in [0.29, 0.717) is 0 Å². The molecule has 0 aromatic carbocycles. The first-order chi connectivity index (χ1) is 2.64. The molecule has 0 unspecified atom stereocenters. The summed E-state index contributed by atoms with van der Waals surface area (Å²) in [6, 6.07) is 0. The van der Waals surface area contributed by atoms with E-state index in [1.807, 2.05) is 0 Å². The van der Waals surface area contributed by atoms with Crippen molar-refractivity contribution >= 4 is 11.6 Å². The Kier molecular flexibility index (Phi) is 1.51. The van der Waals surface area contributed by atoms with Crippen molar-refractivity contribution in [2.24, 2.45) is 0 Å². The van der Waals surface area contributed by atoms with Gasteiger partial charge in [-0.05, 0) is 0 Å². The summed E-state index contributed by atoms with van der Waals surface area (Å²) in [5.74, 6) is -0.759. The Labute approximate surface area is 36.2 Å². The lowest BCUT2D eigenvalue weighted by Crippen LogP contribution is -2.01. The SMILES string of the molecule is CC(=O)[13C]([13CH3])=O. The van der Waals surface area contributed by atoms with E-state index in [0.717, 1.165) is 0 Å². The minimum absolute atomic E-state index is 0.380. The zero-order valence-electron chi connectivity index (χ0n) is 3.82. The van der Waals surface area contributed by atoms with E-state index in [2.05, 4.69) is 0 Å². The van der Waals surface area contributed by atoms with E-state index in [4.69, 9.17) is 0 Å². The standard InChI is InChI=1S/C4H6O2/c1-3(5)4(2)6/h1-2H3/i1+1,3+1. The maximum atomic E-state index is 9.79. The molecule has 0 fully saturated rings.